The minimum Gasteiger partial charge on any atom is -0.280 e. The predicted octanol–water partition coefficient (Wildman–Crippen LogP) is 6.20. The molecule has 0 aliphatic rings. The minimum absolute atomic E-state index is 0.0417. The molecule has 2 aromatic carbocycles. The van der Waals surface area contributed by atoms with Crippen LogP contribution in [0.15, 0.2) is 54.6 Å². The molecule has 0 fully saturated rings. The van der Waals surface area contributed by atoms with Crippen LogP contribution in [0.2, 0.25) is 5.02 Å². The van der Waals surface area contributed by atoms with Gasteiger partial charge in [0, 0.05) is 5.02 Å². The summed E-state index contributed by atoms with van der Waals surface area (Å²) in [6.45, 7) is 4.21. The van der Waals surface area contributed by atoms with Crippen LogP contribution in [-0.4, -0.2) is 16.0 Å². The van der Waals surface area contributed by atoms with Crippen LogP contribution in [0.5, 0.6) is 0 Å². The molecule has 0 saturated carbocycles. The molecule has 1 atom stereocenters. The highest BCUT2D eigenvalue weighted by Crippen LogP contribution is 2.23. The summed E-state index contributed by atoms with van der Waals surface area (Å²) in [6, 6.07) is 18.4. The molecule has 2 rings (SSSR count). The maximum absolute atomic E-state index is 6.13. The Bertz CT molecular complexity index is 491. The molecule has 1 unspecified atom stereocenters. The first-order valence-electron chi connectivity index (χ1n) is 6.42. The van der Waals surface area contributed by atoms with Gasteiger partial charge in [-0.05, 0) is 42.9 Å². The van der Waals surface area contributed by atoms with Gasteiger partial charge in [0.1, 0.15) is 0 Å². The second-order valence-corrected chi connectivity index (χ2v) is 12.8. The first kappa shape index (κ1) is 18.5. The van der Waals surface area contributed by atoms with Crippen molar-refractivity contribution >= 4 is 53.4 Å². The lowest BCUT2D eigenvalue weighted by atomic mass is 9.94. The smallest absolute Gasteiger partial charge is 0.280 e. The molecule has 0 aromatic heterocycles. The normalized spacial score (nSPS) is 11.0. The fourth-order valence-corrected chi connectivity index (χ4v) is 2.15. The highest BCUT2D eigenvalue weighted by Gasteiger charge is 2.06. The molecular formula is C16H16Br2ClMg. The highest BCUT2D eigenvalue weighted by atomic mass is 79.9. The molecule has 4 heteroatoms. The SMILES string of the molecule is [Br][Mg][Br].[CH2]C(CCc1ccccc1Cl)c1ccccc1. The van der Waals surface area contributed by atoms with Gasteiger partial charge >= 0.3 is 16.0 Å². The average molecular weight is 428 g/mol. The number of halogens is 3. The Kier molecular flexibility index (Phi) is 10.3. The first-order chi connectivity index (χ1) is 9.69. The quantitative estimate of drug-likeness (QED) is 0.509. The third kappa shape index (κ3) is 6.95. The topological polar surface area (TPSA) is 0 Å². The van der Waals surface area contributed by atoms with Crippen LogP contribution in [0, 0.1) is 6.92 Å². The summed E-state index contributed by atoms with van der Waals surface area (Å²) in [5, 5.41) is 0.854. The number of rotatable bonds is 4. The molecule has 2 aromatic rings. The monoisotopic (exact) mass is 425 g/mol. The third-order valence-electron chi connectivity index (χ3n) is 2.99. The minimum atomic E-state index is 0.0417. The second-order valence-electron chi connectivity index (χ2n) is 4.34. The number of aryl methyl sites for hydroxylation is 1. The van der Waals surface area contributed by atoms with Crippen LogP contribution >= 0.6 is 37.4 Å². The number of hydrogen-bond donors (Lipinski definition) is 0. The standard InChI is InChI=1S/C16H16Cl.2BrH.Mg/c1-13(14-7-3-2-4-8-14)11-12-15-9-5-6-10-16(15)17;;;/h2-10,13H,1,11-12H2;2*1H;/q;;;+2/p-2. The summed E-state index contributed by atoms with van der Waals surface area (Å²) in [5.41, 5.74) is 2.50. The van der Waals surface area contributed by atoms with Crippen LogP contribution in [0.25, 0.3) is 0 Å². The van der Waals surface area contributed by atoms with Crippen LogP contribution in [0.3, 0.4) is 0 Å². The van der Waals surface area contributed by atoms with Gasteiger partial charge in [-0.3, -0.25) is 25.8 Å². The first-order valence-corrected chi connectivity index (χ1v) is 14.6. The summed E-state index contributed by atoms with van der Waals surface area (Å²) in [6.07, 6.45) is 2.00. The van der Waals surface area contributed by atoms with Gasteiger partial charge in [-0.25, -0.2) is 0 Å². The van der Waals surface area contributed by atoms with Crippen molar-refractivity contribution in [3.05, 3.63) is 77.7 Å². The summed E-state index contributed by atoms with van der Waals surface area (Å²) >= 11 is 12.6. The van der Waals surface area contributed by atoms with Crippen molar-refractivity contribution in [1.82, 2.24) is 0 Å². The van der Waals surface area contributed by atoms with Gasteiger partial charge in [0.2, 0.25) is 0 Å². The molecule has 0 bridgehead atoms. The molecule has 20 heavy (non-hydrogen) atoms. The van der Waals surface area contributed by atoms with E-state index >= 15 is 0 Å². The Hall–Kier alpha value is 0.456. The molecule has 0 nitrogen and oxygen atoms in total. The fourth-order valence-electron chi connectivity index (χ4n) is 1.92. The van der Waals surface area contributed by atoms with Gasteiger partial charge in [-0.2, -0.15) is 0 Å². The lowest BCUT2D eigenvalue weighted by Crippen LogP contribution is -1.97. The van der Waals surface area contributed by atoms with Crippen LogP contribution in [0.4, 0.5) is 0 Å². The molecular weight excluding hydrogens is 412 g/mol. The maximum Gasteiger partial charge on any atom is 0.560 e. The van der Waals surface area contributed by atoms with E-state index in [1.54, 1.807) is 0 Å². The van der Waals surface area contributed by atoms with Crippen molar-refractivity contribution in [2.75, 3.05) is 0 Å². The third-order valence-corrected chi connectivity index (χ3v) is 3.36. The Labute approximate surface area is 148 Å². The largest absolute Gasteiger partial charge is 0.560 e. The van der Waals surface area contributed by atoms with Crippen LogP contribution in [-0.2, 0) is 6.42 Å². The zero-order valence-corrected chi connectivity index (χ0v) is 16.6. The van der Waals surface area contributed by atoms with E-state index in [4.69, 9.17) is 11.6 Å². The van der Waals surface area contributed by atoms with Gasteiger partial charge < -0.3 is 0 Å². The molecule has 0 saturated heterocycles. The lowest BCUT2D eigenvalue weighted by Gasteiger charge is -2.12. The van der Waals surface area contributed by atoms with Crippen molar-refractivity contribution in [2.45, 2.75) is 18.8 Å². The number of hydrogen-bond acceptors (Lipinski definition) is 0. The molecule has 0 aliphatic carbocycles. The van der Waals surface area contributed by atoms with Crippen molar-refractivity contribution in [3.63, 3.8) is 0 Å². The zero-order chi connectivity index (χ0) is 14.8. The van der Waals surface area contributed by atoms with Gasteiger partial charge in [0.15, 0.2) is 0 Å². The van der Waals surface area contributed by atoms with E-state index in [0.29, 0.717) is 5.92 Å². The van der Waals surface area contributed by atoms with Gasteiger partial charge in [-0.15, -0.1) is 0 Å². The molecule has 0 spiro atoms. The van der Waals surface area contributed by atoms with Crippen molar-refractivity contribution < 1.29 is 0 Å². The lowest BCUT2D eigenvalue weighted by molar-refractivity contribution is 0.733. The van der Waals surface area contributed by atoms with Crippen LogP contribution < -0.4 is 0 Å². The van der Waals surface area contributed by atoms with E-state index in [1.165, 1.54) is 11.1 Å². The fraction of sp³-hybridized carbons (Fsp3) is 0.188. The number of benzene rings is 2. The van der Waals surface area contributed by atoms with Crippen molar-refractivity contribution in [3.8, 4) is 0 Å². The van der Waals surface area contributed by atoms with E-state index in [0.717, 1.165) is 17.9 Å². The summed E-state index contributed by atoms with van der Waals surface area (Å²) in [7, 11) is 0. The maximum atomic E-state index is 6.13. The summed E-state index contributed by atoms with van der Waals surface area (Å²) < 4.78 is 0. The summed E-state index contributed by atoms with van der Waals surface area (Å²) in [4.78, 5) is 0. The molecule has 103 valence electrons. The van der Waals surface area contributed by atoms with Gasteiger partial charge in [-0.1, -0.05) is 60.1 Å². The second kappa shape index (κ2) is 11.1. The zero-order valence-electron chi connectivity index (χ0n) is 11.2. The van der Waals surface area contributed by atoms with E-state index < -0.39 is 0 Å². The Morgan fingerprint density at radius 2 is 1.55 bits per heavy atom. The Balaban J connectivity index is 0.000000612. The Morgan fingerprint density at radius 3 is 2.15 bits per heavy atom. The summed E-state index contributed by atoms with van der Waals surface area (Å²) in [5.74, 6) is 0.326. The molecule has 1 radical (unpaired) electrons. The average Bonchev–Trinajstić information content (AvgIpc) is 2.48. The van der Waals surface area contributed by atoms with Gasteiger partial charge in [0.25, 0.3) is 0 Å². The Morgan fingerprint density at radius 1 is 1.00 bits per heavy atom. The van der Waals surface area contributed by atoms with Crippen molar-refractivity contribution in [2.24, 2.45) is 0 Å². The molecule has 0 amide bonds. The molecule has 0 aliphatic heterocycles. The van der Waals surface area contributed by atoms with Crippen molar-refractivity contribution in [1.29, 1.82) is 0 Å². The van der Waals surface area contributed by atoms with E-state index in [2.05, 4.69) is 63.0 Å². The molecule has 0 N–H and O–H groups in total. The van der Waals surface area contributed by atoms with Gasteiger partial charge in [0.05, 0.1) is 0 Å². The predicted molar refractivity (Wildman–Crippen MR) is 97.9 cm³/mol. The van der Waals surface area contributed by atoms with E-state index in [-0.39, 0.29) is 16.0 Å². The van der Waals surface area contributed by atoms with E-state index in [9.17, 15) is 0 Å². The molecule has 0 heterocycles. The highest BCUT2D eigenvalue weighted by molar-refractivity contribution is 9.47. The van der Waals surface area contributed by atoms with Crippen LogP contribution in [0.1, 0.15) is 23.5 Å². The van der Waals surface area contributed by atoms with E-state index in [1.807, 2.05) is 24.3 Å².